The average molecular weight is 247 g/mol. The van der Waals surface area contributed by atoms with Gasteiger partial charge in [-0.05, 0) is 26.2 Å². The maximum atomic E-state index is 12.7. The Hall–Kier alpha value is -0.150. The highest BCUT2D eigenvalue weighted by Crippen LogP contribution is 2.55. The lowest BCUT2D eigenvalue weighted by Gasteiger charge is -2.29. The lowest BCUT2D eigenvalue weighted by molar-refractivity contribution is 0.197. The predicted octanol–water partition coefficient (Wildman–Crippen LogP) is 1.73. The van der Waals surface area contributed by atoms with Crippen molar-refractivity contribution in [2.24, 2.45) is 5.73 Å². The van der Waals surface area contributed by atoms with Crippen molar-refractivity contribution >= 4 is 7.37 Å². The van der Waals surface area contributed by atoms with Gasteiger partial charge in [0.15, 0.2) is 0 Å². The summed E-state index contributed by atoms with van der Waals surface area (Å²) in [6.45, 7) is 2.40. The fourth-order valence-electron chi connectivity index (χ4n) is 2.03. The van der Waals surface area contributed by atoms with E-state index in [0.717, 1.165) is 19.3 Å². The summed E-state index contributed by atoms with van der Waals surface area (Å²) < 4.78 is 18.1. The molecule has 3 atom stereocenters. The molecule has 94 valence electrons. The van der Waals surface area contributed by atoms with Gasteiger partial charge in [0.05, 0.1) is 18.9 Å². The van der Waals surface area contributed by atoms with E-state index in [-0.39, 0.29) is 18.4 Å². The third-order valence-corrected chi connectivity index (χ3v) is 6.09. The third-order valence-electron chi connectivity index (χ3n) is 2.88. The van der Waals surface area contributed by atoms with Gasteiger partial charge in [-0.15, -0.1) is 0 Å². The maximum Gasteiger partial charge on any atom is 0.209 e. The molecule has 0 aromatic heterocycles. The van der Waals surface area contributed by atoms with Crippen molar-refractivity contribution in [3.05, 3.63) is 12.2 Å². The van der Waals surface area contributed by atoms with Crippen LogP contribution in [0.25, 0.3) is 0 Å². The first kappa shape index (κ1) is 13.9. The van der Waals surface area contributed by atoms with E-state index in [0.29, 0.717) is 6.61 Å². The molecule has 3 unspecified atom stereocenters. The van der Waals surface area contributed by atoms with E-state index in [1.54, 1.807) is 0 Å². The van der Waals surface area contributed by atoms with E-state index in [1.807, 2.05) is 6.92 Å². The SMILES string of the molecule is CCOP(=O)(CC(O)CN)C1CC=CCC1. The summed E-state index contributed by atoms with van der Waals surface area (Å²) in [4.78, 5) is 0. The minimum atomic E-state index is -2.75. The second-order valence-corrected chi connectivity index (χ2v) is 6.96. The predicted molar refractivity (Wildman–Crippen MR) is 65.9 cm³/mol. The number of hydrogen-bond acceptors (Lipinski definition) is 4. The van der Waals surface area contributed by atoms with E-state index in [9.17, 15) is 9.67 Å². The quantitative estimate of drug-likeness (QED) is 0.554. The minimum absolute atomic E-state index is 0.0543. The zero-order chi connectivity index (χ0) is 12.0. The van der Waals surface area contributed by atoms with Gasteiger partial charge < -0.3 is 15.4 Å². The minimum Gasteiger partial charge on any atom is -0.391 e. The summed E-state index contributed by atoms with van der Waals surface area (Å²) in [5, 5.41) is 9.56. The standard InChI is InChI=1S/C11H22NO3P/c1-2-15-16(14,9-10(13)8-12)11-6-4-3-5-7-11/h3-4,10-11,13H,2,5-9,12H2,1H3. The first-order valence-electron chi connectivity index (χ1n) is 5.88. The molecular weight excluding hydrogens is 225 g/mol. The second-order valence-electron chi connectivity index (χ2n) is 4.15. The fourth-order valence-corrected chi connectivity index (χ4v) is 4.80. The van der Waals surface area contributed by atoms with Crippen LogP contribution in [0.2, 0.25) is 0 Å². The molecule has 0 spiro atoms. The lowest BCUT2D eigenvalue weighted by atomic mass is 10.1. The Balaban J connectivity index is 2.70. The molecule has 0 heterocycles. The molecule has 0 saturated heterocycles. The first-order valence-corrected chi connectivity index (χ1v) is 7.76. The highest BCUT2D eigenvalue weighted by molar-refractivity contribution is 7.59. The van der Waals surface area contributed by atoms with Gasteiger partial charge in [-0.1, -0.05) is 12.2 Å². The molecule has 1 aliphatic carbocycles. The number of hydrogen-bond donors (Lipinski definition) is 2. The zero-order valence-electron chi connectivity index (χ0n) is 9.84. The Labute approximate surface area is 97.3 Å². The van der Waals surface area contributed by atoms with Crippen molar-refractivity contribution in [2.75, 3.05) is 19.3 Å². The van der Waals surface area contributed by atoms with Crippen molar-refractivity contribution in [1.82, 2.24) is 0 Å². The van der Waals surface area contributed by atoms with Crippen LogP contribution in [0.1, 0.15) is 26.2 Å². The smallest absolute Gasteiger partial charge is 0.209 e. The van der Waals surface area contributed by atoms with Crippen LogP contribution in [0.5, 0.6) is 0 Å². The lowest BCUT2D eigenvalue weighted by Crippen LogP contribution is -2.27. The highest BCUT2D eigenvalue weighted by atomic mass is 31.2. The molecule has 0 aromatic carbocycles. The van der Waals surface area contributed by atoms with Crippen LogP contribution >= 0.6 is 7.37 Å². The molecule has 5 heteroatoms. The molecule has 1 rings (SSSR count). The van der Waals surface area contributed by atoms with Crippen LogP contribution in [0.3, 0.4) is 0 Å². The second kappa shape index (κ2) is 6.55. The number of rotatable bonds is 6. The summed E-state index contributed by atoms with van der Waals surface area (Å²) in [6, 6.07) is 0. The van der Waals surface area contributed by atoms with Gasteiger partial charge in [0, 0.05) is 12.2 Å². The first-order chi connectivity index (χ1) is 7.62. The van der Waals surface area contributed by atoms with Gasteiger partial charge in [0.2, 0.25) is 7.37 Å². The number of nitrogens with two attached hydrogens (primary N) is 1. The normalized spacial score (nSPS) is 26.3. The molecule has 3 N–H and O–H groups in total. The number of aliphatic hydroxyl groups is 1. The molecule has 0 saturated carbocycles. The van der Waals surface area contributed by atoms with Gasteiger partial charge in [0.1, 0.15) is 0 Å². The monoisotopic (exact) mass is 247 g/mol. The van der Waals surface area contributed by atoms with E-state index in [1.165, 1.54) is 0 Å². The maximum absolute atomic E-state index is 12.7. The van der Waals surface area contributed by atoms with E-state index >= 15 is 0 Å². The van der Waals surface area contributed by atoms with Crippen LogP contribution in [-0.4, -0.2) is 36.2 Å². The van der Waals surface area contributed by atoms with Gasteiger partial charge in [-0.25, -0.2) is 0 Å². The van der Waals surface area contributed by atoms with Gasteiger partial charge in [-0.2, -0.15) is 0 Å². The van der Waals surface area contributed by atoms with Crippen molar-refractivity contribution in [3.63, 3.8) is 0 Å². The molecule has 0 fully saturated rings. The molecular formula is C11H22NO3P. The van der Waals surface area contributed by atoms with Crippen molar-refractivity contribution in [2.45, 2.75) is 37.9 Å². The fraction of sp³-hybridized carbons (Fsp3) is 0.818. The Morgan fingerprint density at radius 2 is 2.38 bits per heavy atom. The van der Waals surface area contributed by atoms with Crippen LogP contribution in [0.15, 0.2) is 12.2 Å². The summed E-state index contributed by atoms with van der Waals surface area (Å²) in [5.74, 6) is 0. The average Bonchev–Trinajstić information content (AvgIpc) is 2.30. The molecule has 0 bridgehead atoms. The Bertz CT molecular complexity index is 280. The zero-order valence-corrected chi connectivity index (χ0v) is 10.7. The summed E-state index contributed by atoms with van der Waals surface area (Å²) >= 11 is 0. The summed E-state index contributed by atoms with van der Waals surface area (Å²) in [6.07, 6.45) is 6.24. The molecule has 0 aromatic rings. The van der Waals surface area contributed by atoms with Crippen LogP contribution < -0.4 is 5.73 Å². The topological polar surface area (TPSA) is 72.5 Å². The van der Waals surface area contributed by atoms with E-state index < -0.39 is 13.5 Å². The van der Waals surface area contributed by atoms with Gasteiger partial charge in [0.25, 0.3) is 0 Å². The van der Waals surface area contributed by atoms with Crippen LogP contribution in [0, 0.1) is 0 Å². The van der Waals surface area contributed by atoms with Crippen LogP contribution in [-0.2, 0) is 9.09 Å². The Morgan fingerprint density at radius 3 is 2.88 bits per heavy atom. The Kier molecular flexibility index (Phi) is 5.70. The summed E-state index contributed by atoms with van der Waals surface area (Å²) in [5.41, 5.74) is 5.42. The number of aliphatic hydroxyl groups excluding tert-OH is 1. The summed E-state index contributed by atoms with van der Waals surface area (Å²) in [7, 11) is -2.75. The molecule has 16 heavy (non-hydrogen) atoms. The molecule has 0 radical (unpaired) electrons. The van der Waals surface area contributed by atoms with Gasteiger partial charge in [-0.3, -0.25) is 4.57 Å². The molecule has 0 amide bonds. The van der Waals surface area contributed by atoms with E-state index in [4.69, 9.17) is 10.3 Å². The van der Waals surface area contributed by atoms with Crippen molar-refractivity contribution in [1.29, 1.82) is 0 Å². The van der Waals surface area contributed by atoms with Crippen LogP contribution in [0.4, 0.5) is 0 Å². The largest absolute Gasteiger partial charge is 0.391 e. The molecule has 1 aliphatic rings. The van der Waals surface area contributed by atoms with Crippen molar-refractivity contribution < 1.29 is 14.2 Å². The Morgan fingerprint density at radius 1 is 1.62 bits per heavy atom. The third kappa shape index (κ3) is 3.70. The van der Waals surface area contributed by atoms with Gasteiger partial charge >= 0.3 is 0 Å². The van der Waals surface area contributed by atoms with E-state index in [2.05, 4.69) is 12.2 Å². The molecule has 0 aliphatic heterocycles. The molecule has 4 nitrogen and oxygen atoms in total. The number of allylic oxidation sites excluding steroid dienone is 2. The van der Waals surface area contributed by atoms with Crippen molar-refractivity contribution in [3.8, 4) is 0 Å². The highest BCUT2D eigenvalue weighted by Gasteiger charge is 2.35.